The predicted octanol–water partition coefficient (Wildman–Crippen LogP) is 0.659. The Morgan fingerprint density at radius 1 is 1.50 bits per heavy atom. The lowest BCUT2D eigenvalue weighted by atomic mass is 10.5. The molecule has 0 bridgehead atoms. The summed E-state index contributed by atoms with van der Waals surface area (Å²) in [6.45, 7) is 0.0578. The molecule has 16 heavy (non-hydrogen) atoms. The Balaban J connectivity index is 2.20. The summed E-state index contributed by atoms with van der Waals surface area (Å²) >= 11 is 1.14. The summed E-state index contributed by atoms with van der Waals surface area (Å²) in [4.78, 5) is 14.6. The van der Waals surface area contributed by atoms with Crippen molar-refractivity contribution in [3.8, 4) is 0 Å². The molecular formula is C7H9N7OS. The van der Waals surface area contributed by atoms with Gasteiger partial charge in [0.25, 0.3) is 0 Å². The van der Waals surface area contributed by atoms with Crippen molar-refractivity contribution < 1.29 is 5.11 Å². The van der Waals surface area contributed by atoms with Crippen LogP contribution in [0.15, 0.2) is 16.0 Å². The van der Waals surface area contributed by atoms with E-state index in [4.69, 9.17) is 10.8 Å². The molecule has 0 amide bonds. The number of anilines is 1. The third-order valence-electron chi connectivity index (χ3n) is 1.68. The van der Waals surface area contributed by atoms with Crippen molar-refractivity contribution in [2.24, 2.45) is 9.63 Å². The number of fused-ring (bicyclic) bond motifs is 1. The molecule has 0 saturated carbocycles. The molecular weight excluding hydrogens is 230 g/mol. The molecule has 0 fully saturated rings. The highest BCUT2D eigenvalue weighted by Crippen LogP contribution is 2.18. The van der Waals surface area contributed by atoms with Gasteiger partial charge in [-0.15, -0.1) is 9.63 Å². The molecule has 2 aromatic heterocycles. The number of nitrogens with zero attached hydrogens (tertiary/aromatic N) is 5. The van der Waals surface area contributed by atoms with E-state index in [9.17, 15) is 0 Å². The van der Waals surface area contributed by atoms with Gasteiger partial charge in [-0.25, -0.2) is 9.97 Å². The fourth-order valence-corrected chi connectivity index (χ4v) is 1.33. The number of rotatable bonds is 4. The van der Waals surface area contributed by atoms with Crippen molar-refractivity contribution in [2.75, 3.05) is 18.1 Å². The highest BCUT2D eigenvalue weighted by molar-refractivity contribution is 7.97. The highest BCUT2D eigenvalue weighted by Gasteiger charge is 2.06. The molecule has 84 valence electrons. The van der Waals surface area contributed by atoms with Gasteiger partial charge in [-0.3, -0.25) is 0 Å². The second kappa shape index (κ2) is 4.86. The molecule has 2 rings (SSSR count). The predicted molar refractivity (Wildman–Crippen MR) is 60.2 cm³/mol. The number of hydrogen-bond donors (Lipinski definition) is 3. The molecule has 8 nitrogen and oxygen atoms in total. The van der Waals surface area contributed by atoms with Gasteiger partial charge in [0.05, 0.1) is 6.61 Å². The number of imidazole rings is 1. The third kappa shape index (κ3) is 2.25. The molecule has 9 heteroatoms. The van der Waals surface area contributed by atoms with Gasteiger partial charge in [-0.05, 0) is 0 Å². The summed E-state index contributed by atoms with van der Waals surface area (Å²) in [6, 6.07) is 0. The van der Waals surface area contributed by atoms with Crippen LogP contribution in [-0.2, 0) is 0 Å². The van der Waals surface area contributed by atoms with Gasteiger partial charge in [0.15, 0.2) is 11.5 Å². The van der Waals surface area contributed by atoms with Crippen LogP contribution in [0, 0.1) is 0 Å². The van der Waals surface area contributed by atoms with Gasteiger partial charge in [-0.1, -0.05) is 0 Å². The second-order valence-electron chi connectivity index (χ2n) is 2.76. The number of aliphatic hydroxyl groups is 1. The minimum absolute atomic E-state index is 0.0578. The zero-order chi connectivity index (χ0) is 11.4. The SMILES string of the molecule is Nc1ncnc2nc(N=NSCCO)[nH]c12. The summed E-state index contributed by atoms with van der Waals surface area (Å²) in [5, 5.41) is 12.3. The highest BCUT2D eigenvalue weighted by atomic mass is 32.2. The Bertz CT molecular complexity index is 510. The number of nitrogens with two attached hydrogens (primary N) is 1. The molecule has 0 saturated heterocycles. The lowest BCUT2D eigenvalue weighted by Crippen LogP contribution is -1.91. The molecule has 0 unspecified atom stereocenters. The molecule has 0 aliphatic rings. The Hall–Kier alpha value is -1.74. The van der Waals surface area contributed by atoms with Gasteiger partial charge in [0.2, 0.25) is 5.95 Å². The Morgan fingerprint density at radius 3 is 3.12 bits per heavy atom. The van der Waals surface area contributed by atoms with E-state index in [0.717, 1.165) is 11.9 Å². The first-order chi connectivity index (χ1) is 7.81. The largest absolute Gasteiger partial charge is 0.395 e. The minimum atomic E-state index is 0.0578. The Labute approximate surface area is 94.6 Å². The van der Waals surface area contributed by atoms with E-state index in [1.54, 1.807) is 0 Å². The van der Waals surface area contributed by atoms with Crippen molar-refractivity contribution in [1.29, 1.82) is 0 Å². The quantitative estimate of drug-likeness (QED) is 0.409. The standard InChI is InChI=1S/C7H9N7OS/c8-5-4-6(10-3-9-5)12-7(11-4)13-14-16-2-1-15/h3,15H,1-2H2,(H3,8,9,10,11,12). The number of aromatic amines is 1. The van der Waals surface area contributed by atoms with Crippen LogP contribution in [0.3, 0.4) is 0 Å². The van der Waals surface area contributed by atoms with Gasteiger partial charge in [0, 0.05) is 17.7 Å². The maximum absolute atomic E-state index is 8.53. The van der Waals surface area contributed by atoms with E-state index in [-0.39, 0.29) is 6.61 Å². The maximum atomic E-state index is 8.53. The summed E-state index contributed by atoms with van der Waals surface area (Å²) in [5.41, 5.74) is 6.61. The molecule has 0 radical (unpaired) electrons. The first-order valence-corrected chi connectivity index (χ1v) is 5.35. The molecule has 0 atom stereocenters. The maximum Gasteiger partial charge on any atom is 0.250 e. The third-order valence-corrected chi connectivity index (χ3v) is 2.24. The molecule has 4 N–H and O–H groups in total. The zero-order valence-corrected chi connectivity index (χ0v) is 8.98. The van der Waals surface area contributed by atoms with Gasteiger partial charge >= 0.3 is 0 Å². The summed E-state index contributed by atoms with van der Waals surface area (Å²) < 4.78 is 3.76. The zero-order valence-electron chi connectivity index (χ0n) is 8.16. The van der Waals surface area contributed by atoms with Gasteiger partial charge < -0.3 is 15.8 Å². The van der Waals surface area contributed by atoms with Crippen LogP contribution < -0.4 is 5.73 Å². The van der Waals surface area contributed by atoms with Crippen molar-refractivity contribution in [2.45, 2.75) is 0 Å². The summed E-state index contributed by atoms with van der Waals surface area (Å²) in [7, 11) is 0. The fourth-order valence-electron chi connectivity index (χ4n) is 1.03. The fraction of sp³-hybridized carbons (Fsp3) is 0.286. The Kier molecular flexibility index (Phi) is 3.27. The van der Waals surface area contributed by atoms with Crippen LogP contribution in [0.1, 0.15) is 0 Å². The number of hydrogen-bond acceptors (Lipinski definition) is 8. The minimum Gasteiger partial charge on any atom is -0.395 e. The van der Waals surface area contributed by atoms with Gasteiger partial charge in [0.1, 0.15) is 11.8 Å². The monoisotopic (exact) mass is 239 g/mol. The smallest absolute Gasteiger partial charge is 0.250 e. The number of aromatic nitrogens is 4. The van der Waals surface area contributed by atoms with E-state index in [2.05, 4.69) is 29.6 Å². The van der Waals surface area contributed by atoms with E-state index < -0.39 is 0 Å². The average Bonchev–Trinajstić information content (AvgIpc) is 2.69. The normalized spacial score (nSPS) is 11.6. The average molecular weight is 239 g/mol. The van der Waals surface area contributed by atoms with E-state index in [1.165, 1.54) is 6.33 Å². The molecule has 0 aromatic carbocycles. The van der Waals surface area contributed by atoms with Crippen molar-refractivity contribution >= 4 is 34.9 Å². The first-order valence-electron chi connectivity index (χ1n) is 4.41. The molecule has 2 heterocycles. The van der Waals surface area contributed by atoms with Crippen molar-refractivity contribution in [3.05, 3.63) is 6.33 Å². The van der Waals surface area contributed by atoms with E-state index >= 15 is 0 Å². The second-order valence-corrected chi connectivity index (χ2v) is 3.59. The lowest BCUT2D eigenvalue weighted by Gasteiger charge is -1.89. The van der Waals surface area contributed by atoms with Crippen LogP contribution in [-0.4, -0.2) is 37.4 Å². The van der Waals surface area contributed by atoms with Crippen LogP contribution in [0.4, 0.5) is 11.8 Å². The number of H-pyrrole nitrogens is 1. The topological polar surface area (TPSA) is 125 Å². The molecule has 2 aromatic rings. The summed E-state index contributed by atoms with van der Waals surface area (Å²) in [5.74, 6) is 1.13. The van der Waals surface area contributed by atoms with Crippen LogP contribution >= 0.6 is 11.9 Å². The number of nitrogens with one attached hydrogen (secondary N) is 1. The van der Waals surface area contributed by atoms with Crippen molar-refractivity contribution in [1.82, 2.24) is 19.9 Å². The van der Waals surface area contributed by atoms with Crippen molar-refractivity contribution in [3.63, 3.8) is 0 Å². The van der Waals surface area contributed by atoms with Crippen LogP contribution in [0.5, 0.6) is 0 Å². The molecule has 0 aliphatic carbocycles. The first kappa shape index (κ1) is 10.8. The molecule has 0 aliphatic heterocycles. The Morgan fingerprint density at radius 2 is 2.38 bits per heavy atom. The number of nitrogen functional groups attached to an aromatic ring is 1. The van der Waals surface area contributed by atoms with E-state index in [1.807, 2.05) is 0 Å². The number of aliphatic hydroxyl groups excluding tert-OH is 1. The lowest BCUT2D eigenvalue weighted by molar-refractivity contribution is 0.322. The van der Waals surface area contributed by atoms with Crippen LogP contribution in [0.2, 0.25) is 0 Å². The van der Waals surface area contributed by atoms with Gasteiger partial charge in [-0.2, -0.15) is 4.98 Å². The van der Waals surface area contributed by atoms with E-state index in [0.29, 0.717) is 28.7 Å². The van der Waals surface area contributed by atoms with Crippen LogP contribution in [0.25, 0.3) is 11.2 Å². The molecule has 0 spiro atoms. The summed E-state index contributed by atoms with van der Waals surface area (Å²) in [6.07, 6.45) is 1.33.